The molecule has 152 valence electrons. The molecule has 1 amide bonds. The van der Waals surface area contributed by atoms with Gasteiger partial charge in [0.25, 0.3) is 5.91 Å². The lowest BCUT2D eigenvalue weighted by Crippen LogP contribution is -2.45. The van der Waals surface area contributed by atoms with Crippen LogP contribution in [0, 0.1) is 5.92 Å². The maximum Gasteiger partial charge on any atom is 0.253 e. The van der Waals surface area contributed by atoms with Crippen LogP contribution in [0.1, 0.15) is 56.5 Å². The topological polar surface area (TPSA) is 35.6 Å². The number of allylic oxidation sites excluding steroid dienone is 2. The summed E-state index contributed by atoms with van der Waals surface area (Å²) in [5.41, 5.74) is 3.16. The second-order valence-corrected chi connectivity index (χ2v) is 8.12. The highest BCUT2D eigenvalue weighted by Gasteiger charge is 2.29. The van der Waals surface area contributed by atoms with Crippen LogP contribution in [0.5, 0.6) is 0 Å². The minimum absolute atomic E-state index is 0.111. The van der Waals surface area contributed by atoms with E-state index in [-0.39, 0.29) is 5.91 Å². The predicted octanol–water partition coefficient (Wildman–Crippen LogP) is 4.16. The number of rotatable bonds is 6. The summed E-state index contributed by atoms with van der Waals surface area (Å²) in [7, 11) is 0. The quantitative estimate of drug-likeness (QED) is 0.804. The van der Waals surface area contributed by atoms with Crippen molar-refractivity contribution in [1.82, 2.24) is 15.1 Å². The molecule has 1 fully saturated rings. The van der Waals surface area contributed by atoms with Crippen molar-refractivity contribution in [2.75, 3.05) is 26.2 Å². The van der Waals surface area contributed by atoms with E-state index in [2.05, 4.69) is 54.5 Å². The zero-order valence-electron chi connectivity index (χ0n) is 17.8. The Labute approximate surface area is 170 Å². The summed E-state index contributed by atoms with van der Waals surface area (Å²) < 4.78 is 0. The van der Waals surface area contributed by atoms with E-state index in [1.165, 1.54) is 24.0 Å². The third-order valence-corrected chi connectivity index (χ3v) is 6.08. The Morgan fingerprint density at radius 3 is 2.36 bits per heavy atom. The predicted molar refractivity (Wildman–Crippen MR) is 117 cm³/mol. The molecule has 0 aromatic heterocycles. The Hall–Kier alpha value is -2.07. The maximum atomic E-state index is 12.5. The molecule has 1 saturated heterocycles. The van der Waals surface area contributed by atoms with Crippen LogP contribution in [0.3, 0.4) is 0 Å². The van der Waals surface area contributed by atoms with Crippen LogP contribution in [-0.4, -0.2) is 54.0 Å². The van der Waals surface area contributed by atoms with Crippen molar-refractivity contribution in [3.05, 3.63) is 53.7 Å². The largest absolute Gasteiger partial charge is 0.368 e. The summed E-state index contributed by atoms with van der Waals surface area (Å²) in [5.74, 6) is 0.825. The number of nitrogens with zero attached hydrogens (tertiary/aromatic N) is 2. The Balaban J connectivity index is 1.78. The van der Waals surface area contributed by atoms with Crippen LogP contribution in [0.4, 0.5) is 0 Å². The van der Waals surface area contributed by atoms with E-state index in [1.807, 2.05) is 30.9 Å². The van der Waals surface area contributed by atoms with Crippen LogP contribution in [0.2, 0.25) is 0 Å². The van der Waals surface area contributed by atoms with Gasteiger partial charge in [-0.25, -0.2) is 0 Å². The minimum Gasteiger partial charge on any atom is -0.368 e. The molecule has 3 rings (SSSR count). The van der Waals surface area contributed by atoms with Gasteiger partial charge in [-0.05, 0) is 82.8 Å². The zero-order valence-corrected chi connectivity index (χ0v) is 17.8. The lowest BCUT2D eigenvalue weighted by atomic mass is 9.86. The molecule has 1 N–H and O–H groups in total. The van der Waals surface area contributed by atoms with E-state index in [0.29, 0.717) is 18.0 Å². The number of piperidine rings is 1. The fourth-order valence-corrected chi connectivity index (χ4v) is 4.34. The van der Waals surface area contributed by atoms with Gasteiger partial charge in [0.15, 0.2) is 0 Å². The van der Waals surface area contributed by atoms with Crippen molar-refractivity contribution < 1.29 is 4.79 Å². The summed E-state index contributed by atoms with van der Waals surface area (Å²) in [5, 5.41) is 3.47. The molecule has 0 radical (unpaired) electrons. The molecule has 1 aromatic rings. The molecular weight excluding hydrogens is 346 g/mol. The first-order valence-corrected chi connectivity index (χ1v) is 10.8. The van der Waals surface area contributed by atoms with Crippen molar-refractivity contribution in [3.63, 3.8) is 0 Å². The summed E-state index contributed by atoms with van der Waals surface area (Å²) in [4.78, 5) is 16.9. The van der Waals surface area contributed by atoms with Crippen molar-refractivity contribution >= 4 is 11.5 Å². The number of hydrogen-bond acceptors (Lipinski definition) is 3. The molecule has 0 spiro atoms. The van der Waals surface area contributed by atoms with Crippen LogP contribution >= 0.6 is 0 Å². The van der Waals surface area contributed by atoms with E-state index in [1.54, 1.807) is 0 Å². The first-order chi connectivity index (χ1) is 13.5. The molecule has 2 aliphatic heterocycles. The van der Waals surface area contributed by atoms with Gasteiger partial charge in [-0.3, -0.25) is 4.79 Å². The fraction of sp³-hybridized carbons (Fsp3) is 0.542. The minimum atomic E-state index is 0.111. The Bertz CT molecular complexity index is 710. The van der Waals surface area contributed by atoms with Crippen molar-refractivity contribution in [3.8, 4) is 0 Å². The molecule has 28 heavy (non-hydrogen) atoms. The van der Waals surface area contributed by atoms with Gasteiger partial charge in [0.2, 0.25) is 0 Å². The highest BCUT2D eigenvalue weighted by atomic mass is 16.2. The highest BCUT2D eigenvalue weighted by Crippen LogP contribution is 2.31. The van der Waals surface area contributed by atoms with Crippen LogP contribution < -0.4 is 5.32 Å². The van der Waals surface area contributed by atoms with E-state index in [0.717, 1.165) is 31.7 Å². The molecule has 4 heteroatoms. The van der Waals surface area contributed by atoms with Gasteiger partial charge < -0.3 is 15.1 Å². The molecule has 4 nitrogen and oxygen atoms in total. The van der Waals surface area contributed by atoms with Gasteiger partial charge in [-0.2, -0.15) is 0 Å². The average Bonchev–Trinajstić information content (AvgIpc) is 2.75. The van der Waals surface area contributed by atoms with Gasteiger partial charge in [-0.1, -0.05) is 24.3 Å². The summed E-state index contributed by atoms with van der Waals surface area (Å²) in [6.45, 7) is 12.3. The van der Waals surface area contributed by atoms with Crippen LogP contribution in [0.15, 0.2) is 42.6 Å². The molecule has 1 unspecified atom stereocenters. The van der Waals surface area contributed by atoms with Crippen molar-refractivity contribution in [2.24, 2.45) is 5.92 Å². The second kappa shape index (κ2) is 9.42. The van der Waals surface area contributed by atoms with Gasteiger partial charge in [-0.15, -0.1) is 0 Å². The van der Waals surface area contributed by atoms with Gasteiger partial charge in [0.1, 0.15) is 0 Å². The zero-order chi connectivity index (χ0) is 20.1. The van der Waals surface area contributed by atoms with Gasteiger partial charge >= 0.3 is 0 Å². The molecular formula is C24H35N3O. The number of nitrogens with one attached hydrogen (secondary N) is 1. The number of hydrogen-bond donors (Lipinski definition) is 1. The van der Waals surface area contributed by atoms with E-state index < -0.39 is 0 Å². The Morgan fingerprint density at radius 1 is 1.14 bits per heavy atom. The van der Waals surface area contributed by atoms with Crippen molar-refractivity contribution in [2.45, 2.75) is 52.6 Å². The summed E-state index contributed by atoms with van der Waals surface area (Å²) in [6.07, 6.45) is 9.46. The van der Waals surface area contributed by atoms with E-state index >= 15 is 0 Å². The SMILES string of the molecule is CCN(CC)C(=O)c1ccc(C2=CN(C(C)C)C(C3CCNCC3)C=C2)cc1. The Morgan fingerprint density at radius 2 is 1.79 bits per heavy atom. The van der Waals surface area contributed by atoms with E-state index in [4.69, 9.17) is 0 Å². The monoisotopic (exact) mass is 381 g/mol. The number of carbonyl (C=O) groups is 1. The lowest BCUT2D eigenvalue weighted by molar-refractivity contribution is 0.0773. The molecule has 0 aliphatic carbocycles. The molecule has 0 bridgehead atoms. The molecule has 0 saturated carbocycles. The molecule has 1 aromatic carbocycles. The van der Waals surface area contributed by atoms with E-state index in [9.17, 15) is 4.79 Å². The van der Waals surface area contributed by atoms with Crippen LogP contribution in [0.25, 0.3) is 5.57 Å². The lowest BCUT2D eigenvalue weighted by Gasteiger charge is -2.41. The first kappa shape index (κ1) is 20.7. The molecule has 2 heterocycles. The third-order valence-electron chi connectivity index (χ3n) is 6.08. The highest BCUT2D eigenvalue weighted by molar-refractivity contribution is 5.94. The Kier molecular flexibility index (Phi) is 6.95. The van der Waals surface area contributed by atoms with Gasteiger partial charge in [0, 0.05) is 30.9 Å². The van der Waals surface area contributed by atoms with Crippen molar-refractivity contribution in [1.29, 1.82) is 0 Å². The average molecular weight is 382 g/mol. The van der Waals surface area contributed by atoms with Crippen LogP contribution in [-0.2, 0) is 0 Å². The second-order valence-electron chi connectivity index (χ2n) is 8.12. The summed E-state index contributed by atoms with van der Waals surface area (Å²) >= 11 is 0. The first-order valence-electron chi connectivity index (χ1n) is 10.8. The molecule has 2 aliphatic rings. The number of amides is 1. The number of carbonyl (C=O) groups excluding carboxylic acids is 1. The molecule has 1 atom stereocenters. The van der Waals surface area contributed by atoms with Gasteiger partial charge in [0.05, 0.1) is 6.04 Å². The third kappa shape index (κ3) is 4.49. The summed E-state index contributed by atoms with van der Waals surface area (Å²) in [6, 6.07) is 9.02. The fourth-order valence-electron chi connectivity index (χ4n) is 4.34. The standard InChI is InChI=1S/C24H35N3O/c1-5-26(6-2)24(28)21-9-7-19(8-10-21)22-11-12-23(27(17-22)18(3)4)20-13-15-25-16-14-20/h7-12,17-18,20,23,25H,5-6,13-16H2,1-4H3. The normalized spacial score (nSPS) is 20.4. The number of benzene rings is 1. The smallest absolute Gasteiger partial charge is 0.253 e. The maximum absolute atomic E-state index is 12.5.